The fraction of sp³-hybridized carbons (Fsp3) is 0.200. The van der Waals surface area contributed by atoms with Crippen LogP contribution in [-0.4, -0.2) is 29.9 Å². The van der Waals surface area contributed by atoms with Gasteiger partial charge >= 0.3 is 5.97 Å². The number of carbonyl (C=O) groups is 2. The lowest BCUT2D eigenvalue weighted by atomic mass is 10.2. The van der Waals surface area contributed by atoms with Gasteiger partial charge in [-0.15, -0.1) is 11.3 Å². The topological polar surface area (TPSA) is 46.6 Å². The Morgan fingerprint density at radius 1 is 1.15 bits per heavy atom. The van der Waals surface area contributed by atoms with Crippen molar-refractivity contribution < 1.29 is 18.7 Å². The number of esters is 1. The van der Waals surface area contributed by atoms with E-state index in [0.717, 1.165) is 10.1 Å². The number of benzene rings is 2. The summed E-state index contributed by atoms with van der Waals surface area (Å²) in [6.07, 6.45) is -0.925. The molecule has 0 N–H and O–H groups in total. The number of fused-ring (bicyclic) bond motifs is 1. The maximum absolute atomic E-state index is 13.3. The molecule has 0 saturated carbocycles. The second-order valence-corrected chi connectivity index (χ2v) is 7.10. The molecule has 6 heteroatoms. The molecule has 0 aliphatic carbocycles. The Bertz CT molecular complexity index is 920. The number of amides is 1. The Morgan fingerprint density at radius 2 is 1.92 bits per heavy atom. The van der Waals surface area contributed by atoms with Gasteiger partial charge in [0.1, 0.15) is 10.7 Å². The molecule has 1 atom stereocenters. The number of halogens is 1. The Hall–Kier alpha value is -2.73. The summed E-state index contributed by atoms with van der Waals surface area (Å²) in [5.74, 6) is -1.22. The molecule has 1 aromatic heterocycles. The van der Waals surface area contributed by atoms with E-state index in [9.17, 15) is 14.0 Å². The van der Waals surface area contributed by atoms with Crippen LogP contribution < -0.4 is 0 Å². The van der Waals surface area contributed by atoms with Crippen LogP contribution in [0.3, 0.4) is 0 Å². The highest BCUT2D eigenvalue weighted by atomic mass is 32.1. The second-order valence-electron chi connectivity index (χ2n) is 6.02. The Balaban J connectivity index is 1.63. The van der Waals surface area contributed by atoms with Crippen LogP contribution in [0.1, 0.15) is 22.2 Å². The zero-order chi connectivity index (χ0) is 18.7. The molecule has 3 aromatic rings. The monoisotopic (exact) mass is 371 g/mol. The average molecular weight is 371 g/mol. The first-order valence-corrected chi connectivity index (χ1v) is 8.94. The van der Waals surface area contributed by atoms with E-state index in [0.29, 0.717) is 10.4 Å². The summed E-state index contributed by atoms with van der Waals surface area (Å²) >= 11 is 1.33. The van der Waals surface area contributed by atoms with Crippen LogP contribution in [0.5, 0.6) is 0 Å². The van der Waals surface area contributed by atoms with Crippen molar-refractivity contribution in [1.29, 1.82) is 0 Å². The lowest BCUT2D eigenvalue weighted by Gasteiger charge is -2.21. The van der Waals surface area contributed by atoms with Crippen molar-refractivity contribution in [3.63, 3.8) is 0 Å². The maximum Gasteiger partial charge on any atom is 0.349 e. The van der Waals surface area contributed by atoms with Crippen molar-refractivity contribution >= 4 is 33.3 Å². The van der Waals surface area contributed by atoms with Crippen LogP contribution in [-0.2, 0) is 16.1 Å². The van der Waals surface area contributed by atoms with Crippen LogP contribution in [0.15, 0.2) is 54.6 Å². The first-order chi connectivity index (χ1) is 12.4. The molecule has 0 aliphatic rings. The molecule has 0 unspecified atom stereocenters. The Labute approximate surface area is 154 Å². The van der Waals surface area contributed by atoms with E-state index >= 15 is 0 Å². The smallest absolute Gasteiger partial charge is 0.349 e. The molecule has 0 bridgehead atoms. The standard InChI is InChI=1S/C20H18FNO3S/c1-13(19(23)22(2)12-14-6-5-8-16(21)10-14)25-20(24)18-11-15-7-3-4-9-17(15)26-18/h3-11,13H,12H2,1-2H3/t13-/m1/s1. The molecular formula is C20H18FNO3S. The van der Waals surface area contributed by atoms with Gasteiger partial charge in [0, 0.05) is 18.3 Å². The zero-order valence-corrected chi connectivity index (χ0v) is 15.3. The Morgan fingerprint density at radius 3 is 2.65 bits per heavy atom. The van der Waals surface area contributed by atoms with E-state index in [4.69, 9.17) is 4.74 Å². The summed E-state index contributed by atoms with van der Waals surface area (Å²) in [7, 11) is 1.59. The average Bonchev–Trinajstić information content (AvgIpc) is 3.05. The second kappa shape index (κ2) is 7.66. The molecule has 1 heterocycles. The summed E-state index contributed by atoms with van der Waals surface area (Å²) < 4.78 is 19.6. The normalized spacial score (nSPS) is 12.0. The number of hydrogen-bond acceptors (Lipinski definition) is 4. The first-order valence-electron chi connectivity index (χ1n) is 8.13. The molecule has 1 amide bonds. The van der Waals surface area contributed by atoms with Crippen molar-refractivity contribution in [2.45, 2.75) is 19.6 Å². The van der Waals surface area contributed by atoms with Gasteiger partial charge in [0.15, 0.2) is 6.10 Å². The fourth-order valence-corrected chi connectivity index (χ4v) is 3.59. The van der Waals surface area contributed by atoms with E-state index in [-0.39, 0.29) is 18.3 Å². The molecule has 134 valence electrons. The van der Waals surface area contributed by atoms with Gasteiger partial charge in [-0.25, -0.2) is 9.18 Å². The van der Waals surface area contributed by atoms with Crippen LogP contribution >= 0.6 is 11.3 Å². The minimum absolute atomic E-state index is 0.237. The van der Waals surface area contributed by atoms with E-state index < -0.39 is 12.1 Å². The summed E-state index contributed by atoms with van der Waals surface area (Å²) in [6.45, 7) is 1.77. The van der Waals surface area contributed by atoms with Crippen LogP contribution in [0.2, 0.25) is 0 Å². The van der Waals surface area contributed by atoms with Crippen molar-refractivity contribution in [1.82, 2.24) is 4.90 Å². The lowest BCUT2D eigenvalue weighted by molar-refractivity contribution is -0.139. The fourth-order valence-electron chi connectivity index (χ4n) is 2.65. The number of ether oxygens (including phenoxy) is 1. The summed E-state index contributed by atoms with van der Waals surface area (Å²) in [5.41, 5.74) is 0.670. The van der Waals surface area contributed by atoms with E-state index in [1.165, 1.54) is 35.3 Å². The quantitative estimate of drug-likeness (QED) is 0.630. The summed E-state index contributed by atoms with van der Waals surface area (Å²) in [4.78, 5) is 26.6. The number of nitrogens with zero attached hydrogens (tertiary/aromatic N) is 1. The van der Waals surface area contributed by atoms with Gasteiger partial charge in [-0.2, -0.15) is 0 Å². The largest absolute Gasteiger partial charge is 0.448 e. The highest BCUT2D eigenvalue weighted by Crippen LogP contribution is 2.26. The van der Waals surface area contributed by atoms with Gasteiger partial charge in [0.2, 0.25) is 0 Å². The molecule has 26 heavy (non-hydrogen) atoms. The molecule has 0 aliphatic heterocycles. The lowest BCUT2D eigenvalue weighted by Crippen LogP contribution is -2.37. The van der Waals surface area contributed by atoms with Crippen molar-refractivity contribution in [2.24, 2.45) is 0 Å². The molecule has 0 saturated heterocycles. The molecule has 4 nitrogen and oxygen atoms in total. The predicted octanol–water partition coefficient (Wildman–Crippen LogP) is 4.24. The van der Waals surface area contributed by atoms with Gasteiger partial charge in [-0.1, -0.05) is 30.3 Å². The number of thiophene rings is 1. The van der Waals surface area contributed by atoms with E-state index in [1.54, 1.807) is 25.2 Å². The molecule has 3 rings (SSSR count). The van der Waals surface area contributed by atoms with Crippen molar-refractivity contribution in [3.05, 3.63) is 70.9 Å². The summed E-state index contributed by atoms with van der Waals surface area (Å²) in [6, 6.07) is 15.5. The van der Waals surface area contributed by atoms with Crippen LogP contribution in [0.4, 0.5) is 4.39 Å². The van der Waals surface area contributed by atoms with Crippen molar-refractivity contribution in [2.75, 3.05) is 7.05 Å². The number of rotatable bonds is 5. The molecule has 0 spiro atoms. The molecule has 0 radical (unpaired) electrons. The third kappa shape index (κ3) is 4.08. The highest BCUT2D eigenvalue weighted by Gasteiger charge is 2.23. The van der Waals surface area contributed by atoms with Gasteiger partial charge in [-0.3, -0.25) is 4.79 Å². The van der Waals surface area contributed by atoms with Gasteiger partial charge in [0.05, 0.1) is 0 Å². The SMILES string of the molecule is C[C@@H](OC(=O)c1cc2ccccc2s1)C(=O)N(C)Cc1cccc(F)c1. The first kappa shape index (κ1) is 18.1. The minimum atomic E-state index is -0.925. The number of hydrogen-bond donors (Lipinski definition) is 0. The molecule has 0 fully saturated rings. The predicted molar refractivity (Wildman–Crippen MR) is 99.6 cm³/mol. The zero-order valence-electron chi connectivity index (χ0n) is 14.4. The molecule has 2 aromatic carbocycles. The van der Waals surface area contributed by atoms with E-state index in [2.05, 4.69) is 0 Å². The maximum atomic E-state index is 13.3. The van der Waals surface area contributed by atoms with Crippen molar-refractivity contribution in [3.8, 4) is 0 Å². The number of likely N-dealkylation sites (N-methyl/N-ethyl adjacent to an activating group) is 1. The van der Waals surface area contributed by atoms with E-state index in [1.807, 2.05) is 24.3 Å². The summed E-state index contributed by atoms with van der Waals surface area (Å²) in [5, 5.41) is 0.964. The Kier molecular flexibility index (Phi) is 5.32. The van der Waals surface area contributed by atoms with Gasteiger partial charge in [0.25, 0.3) is 5.91 Å². The number of carbonyl (C=O) groups excluding carboxylic acids is 2. The minimum Gasteiger partial charge on any atom is -0.448 e. The van der Waals surface area contributed by atoms with Gasteiger partial charge in [-0.05, 0) is 42.1 Å². The van der Waals surface area contributed by atoms with Crippen LogP contribution in [0, 0.1) is 5.82 Å². The third-order valence-electron chi connectivity index (χ3n) is 3.94. The molecular weight excluding hydrogens is 353 g/mol. The van der Waals surface area contributed by atoms with Crippen LogP contribution in [0.25, 0.3) is 10.1 Å². The highest BCUT2D eigenvalue weighted by molar-refractivity contribution is 7.20. The third-order valence-corrected chi connectivity index (χ3v) is 5.04. The van der Waals surface area contributed by atoms with Gasteiger partial charge < -0.3 is 9.64 Å².